The Hall–Kier alpha value is -3.52. The van der Waals surface area contributed by atoms with Gasteiger partial charge in [0.25, 0.3) is 11.4 Å². The molecule has 0 amide bonds. The summed E-state index contributed by atoms with van der Waals surface area (Å²) in [5, 5.41) is 24.7. The predicted molar refractivity (Wildman–Crippen MR) is 102 cm³/mol. The minimum Gasteiger partial charge on any atom is -0.464 e. The molecule has 0 spiro atoms. The molecule has 0 saturated heterocycles. The van der Waals surface area contributed by atoms with Crippen LogP contribution in [0, 0.1) is 20.2 Å². The van der Waals surface area contributed by atoms with E-state index in [4.69, 9.17) is 9.47 Å². The van der Waals surface area contributed by atoms with Gasteiger partial charge in [-0.05, 0) is 29.3 Å². The molecule has 142 valence electrons. The van der Waals surface area contributed by atoms with Gasteiger partial charge in [0.2, 0.25) is 6.29 Å². The average molecular weight is 380 g/mol. The fourth-order valence-electron chi connectivity index (χ4n) is 3.75. The number of nitro groups is 2. The van der Waals surface area contributed by atoms with Gasteiger partial charge in [-0.1, -0.05) is 30.3 Å². The quantitative estimate of drug-likeness (QED) is 0.492. The van der Waals surface area contributed by atoms with Gasteiger partial charge in [0.05, 0.1) is 21.8 Å². The van der Waals surface area contributed by atoms with Crippen molar-refractivity contribution in [2.75, 3.05) is 7.11 Å². The smallest absolute Gasteiger partial charge is 0.279 e. The molecule has 3 aromatic rings. The Morgan fingerprint density at radius 2 is 1.82 bits per heavy atom. The molecule has 8 heteroatoms. The lowest BCUT2D eigenvalue weighted by Crippen LogP contribution is -2.33. The van der Waals surface area contributed by atoms with Crippen LogP contribution in [-0.4, -0.2) is 23.2 Å². The Morgan fingerprint density at radius 1 is 1.04 bits per heavy atom. The number of hydrogen-bond acceptors (Lipinski definition) is 6. The van der Waals surface area contributed by atoms with Crippen LogP contribution in [0.4, 0.5) is 11.4 Å². The molecule has 3 aromatic carbocycles. The summed E-state index contributed by atoms with van der Waals surface area (Å²) in [7, 11) is 1.47. The molecule has 2 atom stereocenters. The number of hydrogen-bond donors (Lipinski definition) is 0. The zero-order chi connectivity index (χ0) is 19.8. The van der Waals surface area contributed by atoms with Gasteiger partial charge in [0.15, 0.2) is 0 Å². The summed E-state index contributed by atoms with van der Waals surface area (Å²) in [5.74, 6) is 0.191. The van der Waals surface area contributed by atoms with Gasteiger partial charge in [0.1, 0.15) is 5.75 Å². The molecular formula is C20H16N2O6. The third kappa shape index (κ3) is 2.93. The SMILES string of the molecule is CO[C@@H]1Oc2ccc3ccccc3c2C[C@H]1c1ccc([N+](=O)[O-])cc1[N+](=O)[O-]. The first-order chi connectivity index (χ1) is 13.5. The minimum absolute atomic E-state index is 0.312. The molecule has 8 nitrogen and oxygen atoms in total. The van der Waals surface area contributed by atoms with Gasteiger partial charge in [-0.2, -0.15) is 0 Å². The second-order valence-electron chi connectivity index (χ2n) is 6.55. The standard InChI is InChI=1S/C20H16N2O6/c1-27-20-17(15-8-7-13(21(23)24)10-18(15)22(25)26)11-16-14-5-3-2-4-12(14)6-9-19(16)28-20/h2-10,17,20H,11H2,1H3/t17-,20+/m0/s1. The zero-order valence-electron chi connectivity index (χ0n) is 14.9. The zero-order valence-corrected chi connectivity index (χ0v) is 14.9. The molecule has 0 aliphatic carbocycles. The summed E-state index contributed by atoms with van der Waals surface area (Å²) in [5.41, 5.74) is 0.644. The molecule has 1 heterocycles. The van der Waals surface area contributed by atoms with E-state index in [1.165, 1.54) is 19.2 Å². The van der Waals surface area contributed by atoms with Crippen LogP contribution in [-0.2, 0) is 11.2 Å². The van der Waals surface area contributed by atoms with E-state index >= 15 is 0 Å². The Bertz CT molecular complexity index is 1100. The summed E-state index contributed by atoms with van der Waals surface area (Å²) >= 11 is 0. The molecule has 1 aliphatic heterocycles. The first-order valence-corrected chi connectivity index (χ1v) is 8.62. The molecule has 0 unspecified atom stereocenters. The van der Waals surface area contributed by atoms with Crippen LogP contribution >= 0.6 is 0 Å². The molecule has 0 bridgehead atoms. The van der Waals surface area contributed by atoms with Gasteiger partial charge in [-0.25, -0.2) is 0 Å². The van der Waals surface area contributed by atoms with Crippen LogP contribution in [0.25, 0.3) is 10.8 Å². The van der Waals surface area contributed by atoms with Crippen LogP contribution in [0.1, 0.15) is 17.0 Å². The minimum atomic E-state index is -0.742. The van der Waals surface area contributed by atoms with Crippen molar-refractivity contribution in [1.82, 2.24) is 0 Å². The number of nitro benzene ring substituents is 2. The van der Waals surface area contributed by atoms with Crippen molar-refractivity contribution in [3.05, 3.63) is 86.0 Å². The van der Waals surface area contributed by atoms with E-state index in [0.717, 1.165) is 22.4 Å². The number of benzene rings is 3. The fraction of sp³-hybridized carbons (Fsp3) is 0.200. The molecule has 0 fully saturated rings. The highest BCUT2D eigenvalue weighted by atomic mass is 16.7. The van der Waals surface area contributed by atoms with Crippen molar-refractivity contribution < 1.29 is 19.3 Å². The van der Waals surface area contributed by atoms with E-state index < -0.39 is 22.1 Å². The summed E-state index contributed by atoms with van der Waals surface area (Å²) in [6.07, 6.45) is -0.290. The Balaban J connectivity index is 1.85. The first kappa shape index (κ1) is 17.9. The average Bonchev–Trinajstić information content (AvgIpc) is 2.72. The van der Waals surface area contributed by atoms with Crippen LogP contribution in [0.3, 0.4) is 0 Å². The monoisotopic (exact) mass is 380 g/mol. The normalized spacial score (nSPS) is 18.3. The predicted octanol–water partition coefficient (Wildman–Crippen LogP) is 4.35. The fourth-order valence-corrected chi connectivity index (χ4v) is 3.75. The van der Waals surface area contributed by atoms with Crippen molar-refractivity contribution in [3.8, 4) is 5.75 Å². The number of methoxy groups -OCH3 is 1. The highest BCUT2D eigenvalue weighted by Gasteiger charge is 2.37. The molecule has 0 aromatic heterocycles. The van der Waals surface area contributed by atoms with E-state index in [1.807, 2.05) is 36.4 Å². The van der Waals surface area contributed by atoms with Crippen LogP contribution < -0.4 is 4.74 Å². The third-order valence-electron chi connectivity index (χ3n) is 5.05. The van der Waals surface area contributed by atoms with Crippen molar-refractivity contribution in [2.45, 2.75) is 18.6 Å². The molecule has 4 rings (SSSR count). The number of non-ortho nitro benzene ring substituents is 1. The third-order valence-corrected chi connectivity index (χ3v) is 5.05. The van der Waals surface area contributed by atoms with Gasteiger partial charge >= 0.3 is 0 Å². The molecule has 0 N–H and O–H groups in total. The van der Waals surface area contributed by atoms with E-state index in [2.05, 4.69) is 0 Å². The summed E-state index contributed by atoms with van der Waals surface area (Å²) in [4.78, 5) is 21.4. The molecule has 0 saturated carbocycles. The topological polar surface area (TPSA) is 105 Å². The van der Waals surface area contributed by atoms with Gasteiger partial charge in [0, 0.05) is 24.3 Å². The highest BCUT2D eigenvalue weighted by Crippen LogP contribution is 2.43. The van der Waals surface area contributed by atoms with Crippen molar-refractivity contribution in [2.24, 2.45) is 0 Å². The molecule has 28 heavy (non-hydrogen) atoms. The maximum atomic E-state index is 11.6. The van der Waals surface area contributed by atoms with Gasteiger partial charge in [-0.3, -0.25) is 20.2 Å². The molecular weight excluding hydrogens is 364 g/mol. The van der Waals surface area contributed by atoms with Crippen LogP contribution in [0.2, 0.25) is 0 Å². The maximum absolute atomic E-state index is 11.6. The number of fused-ring (bicyclic) bond motifs is 3. The van der Waals surface area contributed by atoms with Crippen LogP contribution in [0.5, 0.6) is 5.75 Å². The lowest BCUT2D eigenvalue weighted by molar-refractivity contribution is -0.394. The number of rotatable bonds is 4. The Kier molecular flexibility index (Phi) is 4.40. The van der Waals surface area contributed by atoms with Crippen molar-refractivity contribution >= 4 is 22.1 Å². The van der Waals surface area contributed by atoms with E-state index in [-0.39, 0.29) is 11.4 Å². The maximum Gasteiger partial charge on any atom is 0.279 e. The Labute approximate surface area is 159 Å². The van der Waals surface area contributed by atoms with Crippen molar-refractivity contribution in [1.29, 1.82) is 0 Å². The lowest BCUT2D eigenvalue weighted by Gasteiger charge is -2.33. The second-order valence-corrected chi connectivity index (χ2v) is 6.55. The summed E-state index contributed by atoms with van der Waals surface area (Å²) in [6, 6.07) is 15.3. The van der Waals surface area contributed by atoms with E-state index in [0.29, 0.717) is 17.7 Å². The summed E-state index contributed by atoms with van der Waals surface area (Å²) in [6.45, 7) is 0. The molecule has 1 aliphatic rings. The second kappa shape index (κ2) is 6.90. The van der Waals surface area contributed by atoms with Gasteiger partial charge in [-0.15, -0.1) is 0 Å². The van der Waals surface area contributed by atoms with E-state index in [1.54, 1.807) is 0 Å². The van der Waals surface area contributed by atoms with Crippen molar-refractivity contribution in [3.63, 3.8) is 0 Å². The number of ether oxygens (including phenoxy) is 2. The highest BCUT2D eigenvalue weighted by molar-refractivity contribution is 5.88. The first-order valence-electron chi connectivity index (χ1n) is 8.62. The van der Waals surface area contributed by atoms with Gasteiger partial charge < -0.3 is 9.47 Å². The lowest BCUT2D eigenvalue weighted by atomic mass is 9.85. The molecule has 0 radical (unpaired) electrons. The van der Waals surface area contributed by atoms with E-state index in [9.17, 15) is 20.2 Å². The number of nitrogens with zero attached hydrogens (tertiary/aromatic N) is 2. The van der Waals surface area contributed by atoms with Crippen LogP contribution in [0.15, 0.2) is 54.6 Å². The Morgan fingerprint density at radius 3 is 2.54 bits per heavy atom. The summed E-state index contributed by atoms with van der Waals surface area (Å²) < 4.78 is 11.5. The largest absolute Gasteiger partial charge is 0.464 e.